The molecule has 3 aromatic carbocycles. The second-order valence-electron chi connectivity index (χ2n) is 8.64. The smallest absolute Gasteiger partial charge is 0.324 e. The zero-order chi connectivity index (χ0) is 27.7. The van der Waals surface area contributed by atoms with Gasteiger partial charge in [-0.1, -0.05) is 91.0 Å². The summed E-state index contributed by atoms with van der Waals surface area (Å²) in [6.45, 7) is 0. The average molecular weight is 616 g/mol. The van der Waals surface area contributed by atoms with Crippen molar-refractivity contribution in [3.63, 3.8) is 0 Å². The van der Waals surface area contributed by atoms with Gasteiger partial charge in [0.25, 0.3) is 0 Å². The fraction of sp³-hybridized carbons (Fsp3) is 0.217. The van der Waals surface area contributed by atoms with Crippen LogP contribution < -0.4 is 0 Å². The van der Waals surface area contributed by atoms with E-state index in [4.69, 9.17) is 27.1 Å². The maximum absolute atomic E-state index is 12.9. The molecule has 3 saturated heterocycles. The third kappa shape index (κ3) is 7.32. The van der Waals surface area contributed by atoms with Gasteiger partial charge < -0.3 is 9.79 Å². The first-order valence-electron chi connectivity index (χ1n) is 11.5. The molecule has 6 rings (SSSR count). The molecule has 3 aliphatic heterocycles. The molecule has 2 unspecified atom stereocenters. The Morgan fingerprint density at radius 3 is 1.05 bits per heavy atom. The highest BCUT2D eigenvalue weighted by atomic mass is 31.2. The molecule has 12 nitrogen and oxygen atoms in total. The third-order valence-corrected chi connectivity index (χ3v) is 14.2. The molecule has 0 spiro atoms. The predicted octanol–water partition coefficient (Wildman–Crippen LogP) is 6.88. The van der Waals surface area contributed by atoms with Gasteiger partial charge in [-0.15, -0.1) is 0 Å². The van der Waals surface area contributed by atoms with E-state index in [1.54, 1.807) is 78.9 Å². The maximum Gasteiger partial charge on any atom is 0.347 e. The molecule has 39 heavy (non-hydrogen) atoms. The lowest BCUT2D eigenvalue weighted by Crippen LogP contribution is -2.24. The zero-order valence-electron chi connectivity index (χ0n) is 20.1. The monoisotopic (exact) mass is 616 g/mol. The maximum atomic E-state index is 12.9. The van der Waals surface area contributed by atoms with Crippen molar-refractivity contribution in [2.24, 2.45) is 0 Å². The predicted molar refractivity (Wildman–Crippen MR) is 139 cm³/mol. The minimum absolute atomic E-state index is 0.368. The van der Waals surface area contributed by atoms with Crippen LogP contribution in [-0.2, 0) is 45.4 Å². The molecule has 3 aromatic rings. The molecule has 2 N–H and O–H groups in total. The highest BCUT2D eigenvalue weighted by Crippen LogP contribution is 2.77. The fourth-order valence-electron chi connectivity index (χ4n) is 3.82. The Bertz CT molecular complexity index is 1380. The summed E-state index contributed by atoms with van der Waals surface area (Å²) in [4.78, 5) is 18.5. The Kier molecular flexibility index (Phi) is 8.31. The van der Waals surface area contributed by atoms with Gasteiger partial charge in [0.1, 0.15) is 0 Å². The summed E-state index contributed by atoms with van der Waals surface area (Å²) in [5, 5.41) is 0. The van der Waals surface area contributed by atoms with Gasteiger partial charge in [0.15, 0.2) is 11.8 Å². The van der Waals surface area contributed by atoms with Crippen molar-refractivity contribution >= 4 is 30.4 Å². The lowest BCUT2D eigenvalue weighted by atomic mass is 10.2. The van der Waals surface area contributed by atoms with E-state index >= 15 is 0 Å². The molecule has 0 radical (unpaired) electrons. The largest absolute Gasteiger partial charge is 0.347 e. The second-order valence-corrected chi connectivity index (χ2v) is 17.2. The number of benzene rings is 3. The van der Waals surface area contributed by atoms with Crippen LogP contribution in [0.25, 0.3) is 0 Å². The molecule has 208 valence electrons. The molecule has 3 fully saturated rings. The number of rotatable bonds is 3. The minimum Gasteiger partial charge on any atom is -0.324 e. The Labute approximate surface area is 223 Å². The normalized spacial score (nSPS) is 37.7. The molecule has 2 bridgehead atoms. The summed E-state index contributed by atoms with van der Waals surface area (Å²) in [5.41, 5.74) is 1.64. The first-order chi connectivity index (χ1) is 18.4. The van der Waals surface area contributed by atoms with Crippen LogP contribution in [0, 0.1) is 0 Å². The third-order valence-electron chi connectivity index (χ3n) is 5.47. The van der Waals surface area contributed by atoms with Crippen LogP contribution in [0.4, 0.5) is 0 Å². The second kappa shape index (κ2) is 11.3. The highest BCUT2D eigenvalue weighted by molar-refractivity contribution is 7.72. The number of fused-ring (bicyclic) bond motifs is 2. The van der Waals surface area contributed by atoms with E-state index in [9.17, 15) is 28.0 Å². The first kappa shape index (κ1) is 28.8. The van der Waals surface area contributed by atoms with Crippen molar-refractivity contribution < 1.29 is 55.2 Å². The average Bonchev–Trinajstić information content (AvgIpc) is 2.87. The molecule has 0 saturated carbocycles. The van der Waals surface area contributed by atoms with Gasteiger partial charge in [-0.2, -0.15) is 0 Å². The van der Waals surface area contributed by atoms with Crippen LogP contribution in [0.5, 0.6) is 0 Å². The number of hydrogen-bond donors (Lipinski definition) is 2. The lowest BCUT2D eigenvalue weighted by molar-refractivity contribution is -0.105. The SMILES string of the molecule is O=P1(O)CP(=O)(O)OC(c2ccccc2)O1.O=P12CP(=O)(OC(c3ccccc3)O1)OC(c1ccccc1)O2. The zero-order valence-corrected chi connectivity index (χ0v) is 23.6. The molecule has 0 aromatic heterocycles. The number of hydrogen-bond acceptors (Lipinski definition) is 10. The lowest BCUT2D eigenvalue weighted by Gasteiger charge is -2.40. The highest BCUT2D eigenvalue weighted by Gasteiger charge is 2.55. The van der Waals surface area contributed by atoms with Gasteiger partial charge in [0, 0.05) is 16.7 Å². The fourth-order valence-corrected chi connectivity index (χ4v) is 12.0. The Hall–Kier alpha value is -1.74. The topological polar surface area (TPSA) is 164 Å². The molecule has 0 amide bonds. The molecular formula is C23H24O12P4. The minimum atomic E-state index is -4.07. The van der Waals surface area contributed by atoms with Crippen molar-refractivity contribution in [3.8, 4) is 0 Å². The van der Waals surface area contributed by atoms with E-state index in [0.29, 0.717) is 16.7 Å². The quantitative estimate of drug-likeness (QED) is 0.294. The van der Waals surface area contributed by atoms with Gasteiger partial charge in [0.05, 0.1) is 0 Å². The molecule has 0 aliphatic carbocycles. The van der Waals surface area contributed by atoms with Crippen LogP contribution in [-0.4, -0.2) is 21.6 Å². The van der Waals surface area contributed by atoms with Crippen LogP contribution in [0.3, 0.4) is 0 Å². The summed E-state index contributed by atoms with van der Waals surface area (Å²) in [5.74, 6) is -1.24. The molecule has 16 heteroatoms. The summed E-state index contributed by atoms with van der Waals surface area (Å²) in [7, 11) is -15.3. The van der Waals surface area contributed by atoms with Crippen molar-refractivity contribution in [2.45, 2.75) is 18.9 Å². The van der Waals surface area contributed by atoms with Crippen molar-refractivity contribution in [2.75, 3.05) is 11.8 Å². The van der Waals surface area contributed by atoms with Gasteiger partial charge in [-0.05, 0) is 0 Å². The van der Waals surface area contributed by atoms with Crippen LogP contribution in [0.2, 0.25) is 0 Å². The van der Waals surface area contributed by atoms with E-state index in [1.165, 1.54) is 0 Å². The van der Waals surface area contributed by atoms with Crippen LogP contribution >= 0.6 is 30.4 Å². The summed E-state index contributed by atoms with van der Waals surface area (Å²) >= 11 is 0. The summed E-state index contributed by atoms with van der Waals surface area (Å²) in [6.07, 6.45) is -3.33. The molecule has 2 atom stereocenters. The van der Waals surface area contributed by atoms with Gasteiger partial charge >= 0.3 is 30.4 Å². The Morgan fingerprint density at radius 2 is 0.744 bits per heavy atom. The standard InChI is InChI=1S/C15H14O6P2.C8H10O6P2/c16-22-11-23(17,19-14(18-22)12-7-3-1-4-8-12)21-15(20-22)13-9-5-2-6-10-13;9-15(10)6-16(11,12)14-8(13-15)7-4-2-1-3-5-7/h1-10,14-15H,11H2;1-5,8H,6H2,(H,9,10)(H,11,12). The van der Waals surface area contributed by atoms with Gasteiger partial charge in [0.2, 0.25) is 18.9 Å². The van der Waals surface area contributed by atoms with E-state index in [0.717, 1.165) is 0 Å². The molecular weight excluding hydrogens is 592 g/mol. The van der Waals surface area contributed by atoms with E-state index in [-0.39, 0.29) is 5.90 Å². The van der Waals surface area contributed by atoms with E-state index in [2.05, 4.69) is 0 Å². The molecule has 3 aliphatic rings. The van der Waals surface area contributed by atoms with E-state index in [1.807, 2.05) is 12.1 Å². The van der Waals surface area contributed by atoms with Crippen molar-refractivity contribution in [1.29, 1.82) is 0 Å². The van der Waals surface area contributed by atoms with Crippen molar-refractivity contribution in [3.05, 3.63) is 108 Å². The van der Waals surface area contributed by atoms with Crippen LogP contribution in [0.1, 0.15) is 35.6 Å². The summed E-state index contributed by atoms with van der Waals surface area (Å²) in [6, 6.07) is 26.0. The summed E-state index contributed by atoms with van der Waals surface area (Å²) < 4.78 is 80.0. The Balaban J connectivity index is 0.000000169. The van der Waals surface area contributed by atoms with Crippen LogP contribution in [0.15, 0.2) is 91.0 Å². The Morgan fingerprint density at radius 1 is 0.462 bits per heavy atom. The van der Waals surface area contributed by atoms with E-state index < -0.39 is 55.2 Å². The van der Waals surface area contributed by atoms with Crippen molar-refractivity contribution in [1.82, 2.24) is 0 Å². The molecule has 3 heterocycles. The first-order valence-corrected chi connectivity index (χ1v) is 18.5. The van der Waals surface area contributed by atoms with Gasteiger partial charge in [-0.3, -0.25) is 45.4 Å². The van der Waals surface area contributed by atoms with Gasteiger partial charge in [-0.25, -0.2) is 0 Å².